The number of likely N-dealkylation sites (N-methyl/N-ethyl adjacent to an activating group) is 1. The van der Waals surface area contributed by atoms with E-state index in [1.807, 2.05) is 0 Å². The summed E-state index contributed by atoms with van der Waals surface area (Å²) in [6.45, 7) is 12.3. The molecule has 1 saturated carbocycles. The molecule has 2 fully saturated rings. The molecule has 25 heavy (non-hydrogen) atoms. The first-order valence-electron chi connectivity index (χ1n) is 9.98. The highest BCUT2D eigenvalue weighted by molar-refractivity contribution is 5.93. The molecule has 1 saturated heterocycles. The van der Waals surface area contributed by atoms with Crippen LogP contribution in [-0.4, -0.2) is 33.2 Å². The van der Waals surface area contributed by atoms with Crippen LogP contribution in [-0.2, 0) is 5.41 Å². The van der Waals surface area contributed by atoms with Gasteiger partial charge in [-0.1, -0.05) is 26.0 Å². The van der Waals surface area contributed by atoms with Gasteiger partial charge in [-0.3, -0.25) is 0 Å². The summed E-state index contributed by atoms with van der Waals surface area (Å²) < 4.78 is 0. The predicted octanol–water partition coefficient (Wildman–Crippen LogP) is 2.16. The van der Waals surface area contributed by atoms with Crippen molar-refractivity contribution in [2.75, 3.05) is 38.1 Å². The number of aromatic nitrogens is 1. The second-order valence-electron chi connectivity index (χ2n) is 9.40. The summed E-state index contributed by atoms with van der Waals surface area (Å²) in [5, 5.41) is 1.42. The molecule has 1 aromatic heterocycles. The number of hydrogen-bond donors (Lipinski definition) is 1. The molecule has 2 bridgehead atoms. The van der Waals surface area contributed by atoms with Gasteiger partial charge in [-0.25, -0.2) is 4.98 Å². The lowest BCUT2D eigenvalue weighted by Gasteiger charge is -2.34. The van der Waals surface area contributed by atoms with Crippen molar-refractivity contribution >= 4 is 16.6 Å². The van der Waals surface area contributed by atoms with E-state index in [1.165, 1.54) is 55.6 Å². The van der Waals surface area contributed by atoms with Crippen molar-refractivity contribution in [2.45, 2.75) is 44.9 Å². The molecule has 3 heteroatoms. The van der Waals surface area contributed by atoms with Crippen molar-refractivity contribution in [2.24, 2.45) is 5.41 Å². The van der Waals surface area contributed by atoms with Crippen LogP contribution in [0.1, 0.15) is 50.8 Å². The van der Waals surface area contributed by atoms with E-state index in [9.17, 15) is 0 Å². The van der Waals surface area contributed by atoms with Crippen LogP contribution in [0.3, 0.4) is 0 Å². The van der Waals surface area contributed by atoms with E-state index < -0.39 is 0 Å². The molecule has 132 valence electrons. The molecule has 2 aliphatic carbocycles. The Morgan fingerprint density at radius 3 is 2.60 bits per heavy atom. The van der Waals surface area contributed by atoms with Gasteiger partial charge in [0.25, 0.3) is 0 Å². The van der Waals surface area contributed by atoms with E-state index in [0.29, 0.717) is 11.3 Å². The van der Waals surface area contributed by atoms with Crippen molar-refractivity contribution in [1.29, 1.82) is 0 Å². The van der Waals surface area contributed by atoms with Crippen LogP contribution in [0.5, 0.6) is 0 Å². The fraction of sp³-hybridized carbons (Fsp3) is 0.591. The molecular weight excluding hydrogens is 306 g/mol. The highest BCUT2D eigenvalue weighted by Crippen LogP contribution is 2.68. The number of nitrogens with one attached hydrogen (secondary N) is 2. The smallest absolute Gasteiger partial charge is 0.213 e. The Morgan fingerprint density at radius 2 is 1.84 bits per heavy atom. The quantitative estimate of drug-likeness (QED) is 0.846. The minimum absolute atomic E-state index is 0.281. The van der Waals surface area contributed by atoms with Crippen LogP contribution in [0.25, 0.3) is 10.9 Å². The summed E-state index contributed by atoms with van der Waals surface area (Å²) >= 11 is 0. The topological polar surface area (TPSA) is 21.8 Å². The third-order valence-electron chi connectivity index (χ3n) is 8.03. The zero-order valence-corrected chi connectivity index (χ0v) is 16.1. The van der Waals surface area contributed by atoms with Crippen molar-refractivity contribution in [3.63, 3.8) is 0 Å². The van der Waals surface area contributed by atoms with Crippen LogP contribution in [0.4, 0.5) is 5.69 Å². The number of aromatic amines is 1. The third kappa shape index (κ3) is 1.88. The van der Waals surface area contributed by atoms with Gasteiger partial charge < -0.3 is 9.80 Å². The molecule has 2 atom stereocenters. The minimum atomic E-state index is 0.281. The minimum Gasteiger partial charge on any atom is -0.359 e. The zero-order chi connectivity index (χ0) is 17.4. The number of anilines is 1. The lowest BCUT2D eigenvalue weighted by molar-refractivity contribution is -0.880. The number of para-hydroxylation sites is 1. The number of hydrogen-bond acceptors (Lipinski definition) is 1. The van der Waals surface area contributed by atoms with Crippen LogP contribution in [0.2, 0.25) is 0 Å². The maximum atomic E-state index is 3.89. The second-order valence-corrected chi connectivity index (χ2v) is 9.40. The number of H-pyrrole nitrogens is 1. The average molecular weight is 338 g/mol. The molecule has 3 nitrogen and oxygen atoms in total. The van der Waals surface area contributed by atoms with Crippen molar-refractivity contribution in [3.8, 4) is 0 Å². The number of benzene rings is 1. The summed E-state index contributed by atoms with van der Waals surface area (Å²) in [5.74, 6) is 0.690. The fourth-order valence-electron chi connectivity index (χ4n) is 5.94. The monoisotopic (exact) mass is 337 g/mol. The second kappa shape index (κ2) is 4.97. The molecule has 1 aromatic carbocycles. The Morgan fingerprint density at radius 1 is 1.12 bits per heavy atom. The van der Waals surface area contributed by atoms with E-state index in [0.717, 1.165) is 0 Å². The molecule has 0 unspecified atom stereocenters. The Labute approximate surface area is 151 Å². The Hall–Kier alpha value is -1.61. The van der Waals surface area contributed by atoms with E-state index in [-0.39, 0.29) is 5.41 Å². The number of fused-ring (bicyclic) bond motifs is 6. The first-order chi connectivity index (χ1) is 11.9. The van der Waals surface area contributed by atoms with Crippen LogP contribution in [0, 0.1) is 5.41 Å². The number of rotatable bonds is 1. The van der Waals surface area contributed by atoms with Crippen LogP contribution >= 0.6 is 0 Å². The fourth-order valence-corrected chi connectivity index (χ4v) is 5.94. The van der Waals surface area contributed by atoms with Gasteiger partial charge in [-0.15, -0.1) is 0 Å². The Balaban J connectivity index is 1.79. The molecule has 3 aliphatic rings. The summed E-state index contributed by atoms with van der Waals surface area (Å²) in [4.78, 5) is 8.25. The van der Waals surface area contributed by atoms with E-state index in [4.69, 9.17) is 0 Å². The first-order valence-corrected chi connectivity index (χ1v) is 9.98. The molecule has 1 aliphatic heterocycles. The SMILES string of the molecule is C[NH+]1CCN(c2c3c([nH+]c4ccccc24)[C@]2(C)CC[C@@H]3C2(C)C)CC1. The van der Waals surface area contributed by atoms with E-state index in [2.05, 4.69) is 62.0 Å². The molecule has 5 rings (SSSR count). The lowest BCUT2D eigenvalue weighted by Crippen LogP contribution is -3.12. The number of pyridine rings is 1. The molecule has 0 spiro atoms. The van der Waals surface area contributed by atoms with Crippen LogP contribution < -0.4 is 14.8 Å². The zero-order valence-electron chi connectivity index (χ0n) is 16.1. The molecule has 2 aromatic rings. The highest BCUT2D eigenvalue weighted by atomic mass is 15.3. The lowest BCUT2D eigenvalue weighted by atomic mass is 9.70. The van der Waals surface area contributed by atoms with Crippen molar-refractivity contribution < 1.29 is 9.88 Å². The van der Waals surface area contributed by atoms with Crippen molar-refractivity contribution in [1.82, 2.24) is 0 Å². The Kier molecular flexibility index (Phi) is 3.11. The van der Waals surface area contributed by atoms with Crippen LogP contribution in [0.15, 0.2) is 24.3 Å². The van der Waals surface area contributed by atoms with Crippen molar-refractivity contribution in [3.05, 3.63) is 35.5 Å². The number of piperazine rings is 1. The normalized spacial score (nSPS) is 30.9. The van der Waals surface area contributed by atoms with E-state index in [1.54, 1.807) is 16.2 Å². The van der Waals surface area contributed by atoms with Gasteiger partial charge in [0.05, 0.1) is 49.7 Å². The third-order valence-corrected chi connectivity index (χ3v) is 8.03. The van der Waals surface area contributed by atoms with Gasteiger partial charge in [0.2, 0.25) is 5.52 Å². The maximum Gasteiger partial charge on any atom is 0.213 e. The van der Waals surface area contributed by atoms with Gasteiger partial charge in [0, 0.05) is 11.6 Å². The summed E-state index contributed by atoms with van der Waals surface area (Å²) in [5.41, 5.74) is 6.68. The molecule has 0 amide bonds. The predicted molar refractivity (Wildman–Crippen MR) is 102 cm³/mol. The Bertz CT molecular complexity index is 848. The molecule has 2 heterocycles. The summed E-state index contributed by atoms with van der Waals surface area (Å²) in [6, 6.07) is 8.97. The van der Waals surface area contributed by atoms with Gasteiger partial charge >= 0.3 is 0 Å². The standard InChI is InChI=1S/C22H29N3/c1-21(2)16-9-10-22(21,3)20-18(16)19(25-13-11-24(4)12-14-25)15-7-5-6-8-17(15)23-20/h5-8,16H,9-14H2,1-4H3/p+2/t16-,22-/m0/s1. The van der Waals surface area contributed by atoms with Gasteiger partial charge in [0.15, 0.2) is 5.69 Å². The summed E-state index contributed by atoms with van der Waals surface area (Å²) in [7, 11) is 2.32. The molecule has 0 radical (unpaired) electrons. The van der Waals surface area contributed by atoms with E-state index >= 15 is 0 Å². The highest BCUT2D eigenvalue weighted by Gasteiger charge is 2.64. The summed E-state index contributed by atoms with van der Waals surface area (Å²) in [6.07, 6.45) is 2.66. The van der Waals surface area contributed by atoms with Gasteiger partial charge in [-0.2, -0.15) is 0 Å². The average Bonchev–Trinajstić information content (AvgIpc) is 2.93. The molecular formula is C22H31N3+2. The first kappa shape index (κ1) is 15.6. The maximum absolute atomic E-state index is 3.89. The largest absolute Gasteiger partial charge is 0.359 e. The number of quaternary nitrogens is 1. The van der Waals surface area contributed by atoms with Gasteiger partial charge in [0.1, 0.15) is 0 Å². The molecule has 2 N–H and O–H groups in total. The van der Waals surface area contributed by atoms with Gasteiger partial charge in [-0.05, 0) is 37.2 Å². The number of nitrogens with zero attached hydrogens (tertiary/aromatic N) is 1.